The van der Waals surface area contributed by atoms with Gasteiger partial charge in [0.1, 0.15) is 6.04 Å². The Bertz CT molecular complexity index is 336. The number of hydrogen-bond donors (Lipinski definition) is 2. The van der Waals surface area contributed by atoms with Crippen LogP contribution in [0.15, 0.2) is 0 Å². The molecule has 2 amide bonds. The molecule has 0 saturated carbocycles. The number of imide groups is 1. The molecule has 1 rings (SSSR count). The summed E-state index contributed by atoms with van der Waals surface area (Å²) < 4.78 is 4.57. The van der Waals surface area contributed by atoms with Crippen LogP contribution in [0.5, 0.6) is 0 Å². The van der Waals surface area contributed by atoms with Crippen molar-refractivity contribution >= 4 is 29.7 Å². The average Bonchev–Trinajstić information content (AvgIpc) is 2.29. The highest BCUT2D eigenvalue weighted by Crippen LogP contribution is 2.16. The smallest absolute Gasteiger partial charge is 0.413 e. The molecule has 102 valence electrons. The lowest BCUT2D eigenvalue weighted by molar-refractivity contribution is -0.142. The third kappa shape index (κ3) is 4.53. The summed E-state index contributed by atoms with van der Waals surface area (Å²) in [5, 5.41) is 11.1. The fraction of sp³-hybridized carbons (Fsp3) is 0.700. The lowest BCUT2D eigenvalue weighted by atomic mass is 10.2. The molecule has 7 nitrogen and oxygen atoms in total. The highest BCUT2D eigenvalue weighted by molar-refractivity contribution is 7.99. The second kappa shape index (κ2) is 7.22. The molecule has 0 aromatic rings. The van der Waals surface area contributed by atoms with E-state index in [4.69, 9.17) is 5.11 Å². The zero-order valence-electron chi connectivity index (χ0n) is 10.0. The number of carboxylic acids is 1. The standard InChI is InChI=1S/C10H16N2O5S/c1-2-17-10(16)11-8(13)5-12-3-4-18-6-7(12)9(14)15/h7H,2-6H2,1H3,(H,14,15)(H,11,13,16). The van der Waals surface area contributed by atoms with Gasteiger partial charge in [-0.25, -0.2) is 4.79 Å². The number of nitrogens with one attached hydrogen (secondary N) is 1. The molecule has 8 heteroatoms. The van der Waals surface area contributed by atoms with Crippen LogP contribution in [0, 0.1) is 0 Å². The lowest BCUT2D eigenvalue weighted by Gasteiger charge is -2.31. The summed E-state index contributed by atoms with van der Waals surface area (Å²) in [6.07, 6.45) is -0.805. The van der Waals surface area contributed by atoms with E-state index in [0.29, 0.717) is 12.3 Å². The fourth-order valence-corrected chi connectivity index (χ4v) is 2.67. The third-order valence-corrected chi connectivity index (χ3v) is 3.41. The Morgan fingerprint density at radius 1 is 1.50 bits per heavy atom. The molecule has 1 aliphatic heterocycles. The molecule has 1 fully saturated rings. The Morgan fingerprint density at radius 2 is 2.22 bits per heavy atom. The zero-order valence-corrected chi connectivity index (χ0v) is 10.9. The van der Waals surface area contributed by atoms with E-state index in [1.807, 2.05) is 5.32 Å². The number of carbonyl (C=O) groups excluding carboxylic acids is 2. The monoisotopic (exact) mass is 276 g/mol. The molecule has 1 aliphatic rings. The number of ether oxygens (including phenoxy) is 1. The van der Waals surface area contributed by atoms with Crippen LogP contribution >= 0.6 is 11.8 Å². The van der Waals surface area contributed by atoms with Crippen LogP contribution < -0.4 is 5.32 Å². The van der Waals surface area contributed by atoms with Crippen molar-refractivity contribution in [1.29, 1.82) is 0 Å². The van der Waals surface area contributed by atoms with Crippen molar-refractivity contribution in [2.45, 2.75) is 13.0 Å². The minimum absolute atomic E-state index is 0.115. The summed E-state index contributed by atoms with van der Waals surface area (Å²) >= 11 is 1.54. The third-order valence-electron chi connectivity index (χ3n) is 2.39. The Kier molecular flexibility index (Phi) is 5.93. The molecule has 0 aromatic heterocycles. The Balaban J connectivity index is 2.46. The van der Waals surface area contributed by atoms with Crippen LogP contribution in [-0.4, -0.2) is 65.2 Å². The highest BCUT2D eigenvalue weighted by atomic mass is 32.2. The molecule has 0 bridgehead atoms. The normalized spacial score (nSPS) is 20.2. The first-order valence-electron chi connectivity index (χ1n) is 5.55. The molecule has 0 spiro atoms. The molecule has 1 heterocycles. The number of carboxylic acid groups (broad SMARTS) is 1. The van der Waals surface area contributed by atoms with E-state index in [1.165, 1.54) is 11.8 Å². The van der Waals surface area contributed by atoms with Gasteiger partial charge in [-0.3, -0.25) is 19.8 Å². The molecule has 1 unspecified atom stereocenters. The minimum Gasteiger partial charge on any atom is -0.480 e. The second-order valence-electron chi connectivity index (χ2n) is 3.67. The largest absolute Gasteiger partial charge is 0.480 e. The average molecular weight is 276 g/mol. The first-order chi connectivity index (χ1) is 8.54. The fourth-order valence-electron chi connectivity index (χ4n) is 1.56. The number of nitrogens with zero attached hydrogens (tertiary/aromatic N) is 1. The van der Waals surface area contributed by atoms with E-state index in [1.54, 1.807) is 11.8 Å². The maximum Gasteiger partial charge on any atom is 0.413 e. The van der Waals surface area contributed by atoms with Crippen LogP contribution in [-0.2, 0) is 14.3 Å². The van der Waals surface area contributed by atoms with Crippen molar-refractivity contribution in [2.75, 3.05) is 31.2 Å². The number of rotatable bonds is 4. The molecule has 0 aliphatic carbocycles. The van der Waals surface area contributed by atoms with Gasteiger partial charge in [-0.15, -0.1) is 0 Å². The van der Waals surface area contributed by atoms with Crippen LogP contribution in [0.2, 0.25) is 0 Å². The van der Waals surface area contributed by atoms with Gasteiger partial charge in [0.05, 0.1) is 13.2 Å². The SMILES string of the molecule is CCOC(=O)NC(=O)CN1CCSCC1C(=O)O. The Labute approximate surface area is 109 Å². The maximum absolute atomic E-state index is 11.5. The predicted molar refractivity (Wildman–Crippen MR) is 65.5 cm³/mol. The molecule has 1 atom stereocenters. The van der Waals surface area contributed by atoms with Gasteiger partial charge >= 0.3 is 12.1 Å². The van der Waals surface area contributed by atoms with E-state index in [-0.39, 0.29) is 13.2 Å². The summed E-state index contributed by atoms with van der Waals surface area (Å²) in [5.74, 6) is -0.281. The van der Waals surface area contributed by atoms with Gasteiger partial charge in [0.15, 0.2) is 0 Å². The van der Waals surface area contributed by atoms with E-state index >= 15 is 0 Å². The second-order valence-corrected chi connectivity index (χ2v) is 4.82. The zero-order chi connectivity index (χ0) is 13.5. The van der Waals surface area contributed by atoms with Crippen LogP contribution in [0.1, 0.15) is 6.92 Å². The van der Waals surface area contributed by atoms with Crippen molar-refractivity contribution in [3.8, 4) is 0 Å². The van der Waals surface area contributed by atoms with Crippen molar-refractivity contribution in [3.63, 3.8) is 0 Å². The van der Waals surface area contributed by atoms with E-state index < -0.39 is 24.0 Å². The van der Waals surface area contributed by atoms with Crippen molar-refractivity contribution in [3.05, 3.63) is 0 Å². The van der Waals surface area contributed by atoms with Gasteiger partial charge in [0.2, 0.25) is 5.91 Å². The number of aliphatic carboxylic acids is 1. The first-order valence-corrected chi connectivity index (χ1v) is 6.71. The maximum atomic E-state index is 11.5. The number of alkyl carbamates (subject to hydrolysis) is 1. The van der Waals surface area contributed by atoms with Crippen molar-refractivity contribution in [2.24, 2.45) is 0 Å². The number of carbonyl (C=O) groups is 3. The number of amides is 2. The van der Waals surface area contributed by atoms with Crippen LogP contribution in [0.25, 0.3) is 0 Å². The summed E-state index contributed by atoms with van der Waals surface area (Å²) in [7, 11) is 0. The number of thioether (sulfide) groups is 1. The number of hydrogen-bond acceptors (Lipinski definition) is 6. The van der Waals surface area contributed by atoms with E-state index in [2.05, 4.69) is 4.74 Å². The lowest BCUT2D eigenvalue weighted by Crippen LogP contribution is -2.51. The van der Waals surface area contributed by atoms with E-state index in [9.17, 15) is 14.4 Å². The summed E-state index contributed by atoms with van der Waals surface area (Å²) in [6, 6.07) is -0.684. The molecular weight excluding hydrogens is 260 g/mol. The van der Waals surface area contributed by atoms with Gasteiger partial charge in [0.25, 0.3) is 0 Å². The van der Waals surface area contributed by atoms with Gasteiger partial charge in [-0.05, 0) is 6.92 Å². The van der Waals surface area contributed by atoms with Crippen LogP contribution in [0.4, 0.5) is 4.79 Å². The molecule has 0 radical (unpaired) electrons. The summed E-state index contributed by atoms with van der Waals surface area (Å²) in [5.41, 5.74) is 0. The molecule has 1 saturated heterocycles. The van der Waals surface area contributed by atoms with E-state index in [0.717, 1.165) is 5.75 Å². The molecule has 2 N–H and O–H groups in total. The molecule has 0 aromatic carbocycles. The minimum atomic E-state index is -0.953. The highest BCUT2D eigenvalue weighted by Gasteiger charge is 2.30. The predicted octanol–water partition coefficient (Wildman–Crippen LogP) is -0.239. The van der Waals surface area contributed by atoms with Gasteiger partial charge < -0.3 is 9.84 Å². The quantitative estimate of drug-likeness (QED) is 0.731. The van der Waals surface area contributed by atoms with Crippen molar-refractivity contribution < 1.29 is 24.2 Å². The van der Waals surface area contributed by atoms with Gasteiger partial charge in [-0.2, -0.15) is 11.8 Å². The van der Waals surface area contributed by atoms with Gasteiger partial charge in [-0.1, -0.05) is 0 Å². The molecular formula is C10H16N2O5S. The van der Waals surface area contributed by atoms with Crippen LogP contribution in [0.3, 0.4) is 0 Å². The topological polar surface area (TPSA) is 95.9 Å². The molecule has 18 heavy (non-hydrogen) atoms. The Morgan fingerprint density at radius 3 is 2.83 bits per heavy atom. The first kappa shape index (κ1) is 14.8. The summed E-state index contributed by atoms with van der Waals surface area (Å²) in [4.78, 5) is 35.1. The Hall–Kier alpha value is -1.28. The van der Waals surface area contributed by atoms with Crippen molar-refractivity contribution in [1.82, 2.24) is 10.2 Å². The van der Waals surface area contributed by atoms with Gasteiger partial charge in [0, 0.05) is 18.1 Å². The summed E-state index contributed by atoms with van der Waals surface area (Å²) in [6.45, 7) is 2.21.